The molecule has 0 amide bonds. The van der Waals surface area contributed by atoms with Gasteiger partial charge in [-0.15, -0.1) is 0 Å². The van der Waals surface area contributed by atoms with E-state index in [2.05, 4.69) is 19.1 Å². The Labute approximate surface area is 175 Å². The van der Waals surface area contributed by atoms with Crippen molar-refractivity contribution in [2.24, 2.45) is 0 Å². The van der Waals surface area contributed by atoms with E-state index >= 15 is 0 Å². The summed E-state index contributed by atoms with van der Waals surface area (Å²) in [5.74, 6) is -0.195. The van der Waals surface area contributed by atoms with Crippen molar-refractivity contribution < 1.29 is 14.3 Å². The van der Waals surface area contributed by atoms with Gasteiger partial charge in [0.05, 0.1) is 13.2 Å². The van der Waals surface area contributed by atoms with Crippen LogP contribution < -0.4 is 0 Å². The largest absolute Gasteiger partial charge is 0.465 e. The lowest BCUT2D eigenvalue weighted by molar-refractivity contribution is -0.151. The lowest BCUT2D eigenvalue weighted by atomic mass is 9.79. The summed E-state index contributed by atoms with van der Waals surface area (Å²) in [6, 6.07) is 16.2. The lowest BCUT2D eigenvalue weighted by Gasteiger charge is -2.29. The van der Waals surface area contributed by atoms with Crippen LogP contribution in [-0.4, -0.2) is 26.3 Å². The van der Waals surface area contributed by atoms with Gasteiger partial charge in [-0.3, -0.25) is 4.79 Å². The molecule has 2 aromatic carbocycles. The molecule has 3 rings (SSSR count). The third-order valence-corrected chi connectivity index (χ3v) is 6.00. The Morgan fingerprint density at radius 1 is 0.793 bits per heavy atom. The van der Waals surface area contributed by atoms with E-state index in [1.165, 1.54) is 38.5 Å². The number of fused-ring (bicyclic) bond motifs is 3. The van der Waals surface area contributed by atoms with Gasteiger partial charge in [-0.1, -0.05) is 100 Å². The number of rotatable bonds is 12. The molecule has 1 aliphatic rings. The standard InChI is InChI=1S/C26H34O3/c1-3-4-5-6-7-8-9-14-19-29-25(27)26(20-28-2)23-17-12-10-15-21(23)22-16-11-13-18-24(22)26/h10-13,15-18H,3-9,14,19-20H2,1-2H3. The molecule has 3 heteroatoms. The Morgan fingerprint density at radius 2 is 1.31 bits per heavy atom. The van der Waals surface area contributed by atoms with Crippen molar-refractivity contribution in [2.45, 2.75) is 63.7 Å². The van der Waals surface area contributed by atoms with Gasteiger partial charge >= 0.3 is 5.97 Å². The summed E-state index contributed by atoms with van der Waals surface area (Å²) in [6.45, 7) is 3.01. The van der Waals surface area contributed by atoms with Crippen molar-refractivity contribution in [3.8, 4) is 11.1 Å². The Morgan fingerprint density at radius 3 is 1.86 bits per heavy atom. The maximum atomic E-state index is 13.4. The Bertz CT molecular complexity index is 751. The highest BCUT2D eigenvalue weighted by atomic mass is 16.5. The third kappa shape index (κ3) is 4.56. The zero-order valence-electron chi connectivity index (χ0n) is 17.9. The highest BCUT2D eigenvalue weighted by Gasteiger charge is 2.50. The summed E-state index contributed by atoms with van der Waals surface area (Å²) in [4.78, 5) is 13.4. The predicted molar refractivity (Wildman–Crippen MR) is 118 cm³/mol. The van der Waals surface area contributed by atoms with Crippen LogP contribution in [0, 0.1) is 0 Å². The van der Waals surface area contributed by atoms with Crippen molar-refractivity contribution in [1.82, 2.24) is 0 Å². The minimum absolute atomic E-state index is 0.195. The van der Waals surface area contributed by atoms with Crippen LogP contribution in [0.4, 0.5) is 0 Å². The smallest absolute Gasteiger partial charge is 0.323 e. The van der Waals surface area contributed by atoms with Crippen LogP contribution in [0.2, 0.25) is 0 Å². The normalized spacial score (nSPS) is 13.7. The van der Waals surface area contributed by atoms with Gasteiger partial charge in [0.1, 0.15) is 5.41 Å². The molecule has 2 aromatic rings. The fourth-order valence-corrected chi connectivity index (χ4v) is 4.50. The summed E-state index contributed by atoms with van der Waals surface area (Å²) in [5.41, 5.74) is 3.31. The van der Waals surface area contributed by atoms with E-state index in [4.69, 9.17) is 9.47 Å². The molecule has 0 atom stereocenters. The van der Waals surface area contributed by atoms with Gasteiger partial charge in [0.25, 0.3) is 0 Å². The van der Waals surface area contributed by atoms with E-state index in [1.54, 1.807) is 7.11 Å². The molecule has 0 unspecified atom stereocenters. The average Bonchev–Trinajstić information content (AvgIpc) is 3.04. The minimum Gasteiger partial charge on any atom is -0.465 e. The second-order valence-corrected chi connectivity index (χ2v) is 8.04. The summed E-state index contributed by atoms with van der Waals surface area (Å²) in [5, 5.41) is 0. The zero-order chi connectivity index (χ0) is 20.5. The van der Waals surface area contributed by atoms with Crippen LogP contribution in [0.25, 0.3) is 11.1 Å². The molecule has 0 spiro atoms. The maximum Gasteiger partial charge on any atom is 0.323 e. The quantitative estimate of drug-likeness (QED) is 0.314. The summed E-state index contributed by atoms with van der Waals surface area (Å²) in [6.07, 6.45) is 9.81. The molecule has 0 saturated carbocycles. The monoisotopic (exact) mass is 394 g/mol. The van der Waals surface area contributed by atoms with Gasteiger partial charge in [0, 0.05) is 7.11 Å². The van der Waals surface area contributed by atoms with Gasteiger partial charge in [0.15, 0.2) is 0 Å². The molecule has 0 radical (unpaired) electrons. The molecule has 0 aliphatic heterocycles. The Kier molecular flexibility index (Phi) is 7.88. The highest BCUT2D eigenvalue weighted by Crippen LogP contribution is 2.49. The molecule has 0 heterocycles. The van der Waals surface area contributed by atoms with Crippen LogP contribution in [0.5, 0.6) is 0 Å². The maximum absolute atomic E-state index is 13.4. The molecule has 0 fully saturated rings. The van der Waals surface area contributed by atoms with E-state index < -0.39 is 5.41 Å². The van der Waals surface area contributed by atoms with Gasteiger partial charge in [0.2, 0.25) is 0 Å². The van der Waals surface area contributed by atoms with E-state index in [1.807, 2.05) is 36.4 Å². The number of carbonyl (C=O) groups excluding carboxylic acids is 1. The van der Waals surface area contributed by atoms with Gasteiger partial charge in [-0.05, 0) is 28.7 Å². The van der Waals surface area contributed by atoms with Crippen LogP contribution >= 0.6 is 0 Å². The van der Waals surface area contributed by atoms with Crippen LogP contribution in [0.15, 0.2) is 48.5 Å². The summed E-state index contributed by atoms with van der Waals surface area (Å²) in [7, 11) is 1.65. The minimum atomic E-state index is -0.873. The lowest BCUT2D eigenvalue weighted by Crippen LogP contribution is -2.41. The number of esters is 1. The van der Waals surface area contributed by atoms with E-state index in [0.29, 0.717) is 6.61 Å². The number of hydrogen-bond donors (Lipinski definition) is 0. The first-order chi connectivity index (χ1) is 14.3. The topological polar surface area (TPSA) is 35.5 Å². The molecule has 156 valence electrons. The van der Waals surface area contributed by atoms with E-state index in [-0.39, 0.29) is 12.6 Å². The first kappa shape index (κ1) is 21.6. The van der Waals surface area contributed by atoms with Crippen molar-refractivity contribution in [2.75, 3.05) is 20.3 Å². The van der Waals surface area contributed by atoms with Crippen LogP contribution in [0.3, 0.4) is 0 Å². The molecule has 0 bridgehead atoms. The number of carbonyl (C=O) groups is 1. The van der Waals surface area contributed by atoms with Crippen molar-refractivity contribution in [1.29, 1.82) is 0 Å². The molecule has 0 saturated heterocycles. The van der Waals surface area contributed by atoms with Gasteiger partial charge < -0.3 is 9.47 Å². The molecule has 0 N–H and O–H groups in total. The van der Waals surface area contributed by atoms with E-state index in [9.17, 15) is 4.79 Å². The second-order valence-electron chi connectivity index (χ2n) is 8.04. The molecule has 29 heavy (non-hydrogen) atoms. The van der Waals surface area contributed by atoms with E-state index in [0.717, 1.165) is 35.1 Å². The summed E-state index contributed by atoms with van der Waals surface area (Å²) < 4.78 is 11.4. The number of unbranched alkanes of at least 4 members (excludes halogenated alkanes) is 7. The van der Waals surface area contributed by atoms with Gasteiger partial charge in [-0.25, -0.2) is 0 Å². The van der Waals surface area contributed by atoms with Crippen molar-refractivity contribution in [3.05, 3.63) is 59.7 Å². The van der Waals surface area contributed by atoms with Crippen molar-refractivity contribution in [3.63, 3.8) is 0 Å². The third-order valence-electron chi connectivity index (χ3n) is 6.00. The number of hydrogen-bond acceptors (Lipinski definition) is 3. The van der Waals surface area contributed by atoms with Crippen molar-refractivity contribution >= 4 is 5.97 Å². The van der Waals surface area contributed by atoms with Crippen LogP contribution in [-0.2, 0) is 19.7 Å². The molecule has 3 nitrogen and oxygen atoms in total. The SMILES string of the molecule is CCCCCCCCCCOC(=O)C1(COC)c2ccccc2-c2ccccc21. The molecular weight excluding hydrogens is 360 g/mol. The fourth-order valence-electron chi connectivity index (χ4n) is 4.50. The highest BCUT2D eigenvalue weighted by molar-refractivity contribution is 5.98. The first-order valence-electron chi connectivity index (χ1n) is 11.1. The molecule has 0 aromatic heterocycles. The number of benzene rings is 2. The Hall–Kier alpha value is -2.13. The first-order valence-corrected chi connectivity index (χ1v) is 11.1. The van der Waals surface area contributed by atoms with Gasteiger partial charge in [-0.2, -0.15) is 0 Å². The fraction of sp³-hybridized carbons (Fsp3) is 0.500. The number of ether oxygens (including phenoxy) is 2. The average molecular weight is 395 g/mol. The zero-order valence-corrected chi connectivity index (χ0v) is 17.9. The summed E-state index contributed by atoms with van der Waals surface area (Å²) >= 11 is 0. The molecule has 1 aliphatic carbocycles. The Balaban J connectivity index is 1.64. The number of methoxy groups -OCH3 is 1. The van der Waals surface area contributed by atoms with Crippen LogP contribution in [0.1, 0.15) is 69.4 Å². The second kappa shape index (κ2) is 10.6. The molecular formula is C26H34O3. The predicted octanol–water partition coefficient (Wildman–Crippen LogP) is 6.28.